The van der Waals surface area contributed by atoms with E-state index in [0.29, 0.717) is 28.0 Å². The molecule has 8 heteroatoms. The molecular weight excluding hydrogens is 433 g/mol. The lowest BCUT2D eigenvalue weighted by molar-refractivity contribution is -0.127. The van der Waals surface area contributed by atoms with Crippen molar-refractivity contribution in [2.45, 2.75) is 18.2 Å². The summed E-state index contributed by atoms with van der Waals surface area (Å²) >= 11 is 13.4. The van der Waals surface area contributed by atoms with E-state index in [4.69, 9.17) is 39.1 Å². The molecule has 1 fully saturated rings. The van der Waals surface area contributed by atoms with Crippen LogP contribution < -0.4 is 9.47 Å². The number of hydrogen-bond donors (Lipinski definition) is 0. The highest BCUT2D eigenvalue weighted by molar-refractivity contribution is 8.15. The second-order valence-electron chi connectivity index (χ2n) is 6.19. The topological polar surface area (TPSA) is 55.8 Å². The molecule has 0 aromatic heterocycles. The summed E-state index contributed by atoms with van der Waals surface area (Å²) in [4.78, 5) is 26.4. The third kappa shape index (κ3) is 4.81. The molecule has 2 aromatic carbocycles. The number of carbonyl (C=O) groups is 2. The number of carbonyl (C=O) groups excluding carboxylic acids is 2. The van der Waals surface area contributed by atoms with Crippen LogP contribution in [-0.2, 0) is 17.8 Å². The minimum Gasteiger partial charge on any atom is -0.493 e. The molecule has 5 nitrogen and oxygen atoms in total. The molecule has 0 N–H and O–H groups in total. The molecule has 1 aliphatic rings. The van der Waals surface area contributed by atoms with Gasteiger partial charge in [0.2, 0.25) is 5.91 Å². The van der Waals surface area contributed by atoms with Crippen molar-refractivity contribution in [1.82, 2.24) is 4.90 Å². The van der Waals surface area contributed by atoms with E-state index >= 15 is 0 Å². The quantitative estimate of drug-likeness (QED) is 0.567. The van der Waals surface area contributed by atoms with Gasteiger partial charge >= 0.3 is 0 Å². The Morgan fingerprint density at radius 2 is 1.97 bits per heavy atom. The Labute approximate surface area is 183 Å². The molecule has 0 unspecified atom stereocenters. The fraction of sp³-hybridized carbons (Fsp3) is 0.238. The van der Waals surface area contributed by atoms with Gasteiger partial charge in [0.25, 0.3) is 5.24 Å². The lowest BCUT2D eigenvalue weighted by Crippen LogP contribution is -2.31. The average molecular weight is 450 g/mol. The van der Waals surface area contributed by atoms with Crippen LogP contribution in [0, 0.1) is 12.3 Å². The summed E-state index contributed by atoms with van der Waals surface area (Å²) in [6.45, 7) is 0.196. The van der Waals surface area contributed by atoms with Gasteiger partial charge in [-0.15, -0.1) is 6.42 Å². The molecule has 1 aliphatic heterocycles. The van der Waals surface area contributed by atoms with Crippen LogP contribution in [0.5, 0.6) is 11.5 Å². The number of imide groups is 1. The lowest BCUT2D eigenvalue weighted by atomic mass is 10.1. The fourth-order valence-electron chi connectivity index (χ4n) is 2.93. The Bertz CT molecular complexity index is 989. The molecule has 29 heavy (non-hydrogen) atoms. The first-order valence-electron chi connectivity index (χ1n) is 8.62. The predicted octanol–water partition coefficient (Wildman–Crippen LogP) is 4.82. The molecule has 1 heterocycles. The van der Waals surface area contributed by atoms with Crippen molar-refractivity contribution in [2.75, 3.05) is 13.7 Å². The summed E-state index contributed by atoms with van der Waals surface area (Å²) in [6, 6.07) is 10.5. The number of methoxy groups -OCH3 is 1. The maximum Gasteiger partial charge on any atom is 0.289 e. The molecule has 0 spiro atoms. The number of thioether (sulfide) groups is 1. The van der Waals surface area contributed by atoms with Gasteiger partial charge in [0.15, 0.2) is 11.5 Å². The van der Waals surface area contributed by atoms with Crippen LogP contribution in [0.15, 0.2) is 36.4 Å². The Balaban J connectivity index is 1.76. The van der Waals surface area contributed by atoms with E-state index in [1.165, 1.54) is 12.0 Å². The van der Waals surface area contributed by atoms with Crippen LogP contribution in [0.3, 0.4) is 0 Å². The third-order valence-corrected chi connectivity index (χ3v) is 6.03. The molecule has 1 atom stereocenters. The molecule has 0 bridgehead atoms. The minimum absolute atomic E-state index is 0.0535. The molecule has 2 aromatic rings. The van der Waals surface area contributed by atoms with E-state index in [9.17, 15) is 9.59 Å². The second-order valence-corrected chi connectivity index (χ2v) is 8.16. The summed E-state index contributed by atoms with van der Waals surface area (Å²) in [5.74, 6) is 2.87. The van der Waals surface area contributed by atoms with Crippen LogP contribution in [0.2, 0.25) is 10.0 Å². The summed E-state index contributed by atoms with van der Waals surface area (Å²) in [5.41, 5.74) is 1.47. The van der Waals surface area contributed by atoms with Crippen LogP contribution in [0.25, 0.3) is 0 Å². The van der Waals surface area contributed by atoms with Crippen molar-refractivity contribution in [3.63, 3.8) is 0 Å². The van der Waals surface area contributed by atoms with Gasteiger partial charge in [0, 0.05) is 5.02 Å². The fourth-order valence-corrected chi connectivity index (χ4v) is 4.44. The highest BCUT2D eigenvalue weighted by Gasteiger charge is 2.39. The predicted molar refractivity (Wildman–Crippen MR) is 115 cm³/mol. The van der Waals surface area contributed by atoms with Crippen molar-refractivity contribution in [3.05, 3.63) is 57.6 Å². The number of benzene rings is 2. The third-order valence-electron chi connectivity index (χ3n) is 4.30. The lowest BCUT2D eigenvalue weighted by Gasteiger charge is -2.16. The molecule has 150 valence electrons. The van der Waals surface area contributed by atoms with Crippen LogP contribution in [-0.4, -0.2) is 35.0 Å². The van der Waals surface area contributed by atoms with E-state index in [1.54, 1.807) is 30.3 Å². The van der Waals surface area contributed by atoms with E-state index in [0.717, 1.165) is 22.9 Å². The molecular formula is C21H17Cl2NO4S. The zero-order chi connectivity index (χ0) is 21.0. The first-order valence-corrected chi connectivity index (χ1v) is 10.3. The zero-order valence-electron chi connectivity index (χ0n) is 15.5. The number of nitrogens with zero attached hydrogens (tertiary/aromatic N) is 1. The summed E-state index contributed by atoms with van der Waals surface area (Å²) < 4.78 is 10.8. The highest BCUT2D eigenvalue weighted by atomic mass is 35.5. The molecule has 0 saturated carbocycles. The monoisotopic (exact) mass is 449 g/mol. The SMILES string of the molecule is C#CCOc1c(Cl)cc(C[C@@H]2SC(=O)N(Cc3ccccc3Cl)C2=O)cc1OC. The number of amides is 2. The first kappa shape index (κ1) is 21.4. The molecule has 0 radical (unpaired) electrons. The maximum atomic E-state index is 12.8. The van der Waals surface area contributed by atoms with Gasteiger partial charge in [0.1, 0.15) is 6.61 Å². The van der Waals surface area contributed by atoms with Crippen molar-refractivity contribution < 1.29 is 19.1 Å². The molecule has 2 amide bonds. The molecule has 1 saturated heterocycles. The van der Waals surface area contributed by atoms with E-state index in [2.05, 4.69) is 5.92 Å². The summed E-state index contributed by atoms with van der Waals surface area (Å²) in [5, 5.41) is -0.0138. The minimum atomic E-state index is -0.553. The van der Waals surface area contributed by atoms with Crippen molar-refractivity contribution in [1.29, 1.82) is 0 Å². The Hall–Kier alpha value is -2.33. The standard InChI is InChI=1S/C21H17Cl2NO4S/c1-3-8-28-19-16(23)9-13(10-17(19)27-2)11-18-20(25)24(21(26)29-18)12-14-6-4-5-7-15(14)22/h1,4-7,9-10,18H,8,11-12H2,2H3/t18-/m0/s1. The number of ether oxygens (including phenoxy) is 2. The van der Waals surface area contributed by atoms with Gasteiger partial charge < -0.3 is 9.47 Å². The van der Waals surface area contributed by atoms with E-state index in [-0.39, 0.29) is 24.3 Å². The normalized spacial score (nSPS) is 16.1. The Morgan fingerprint density at radius 1 is 1.21 bits per heavy atom. The molecule has 0 aliphatic carbocycles. The number of rotatable bonds is 7. The Kier molecular flexibility index (Phi) is 6.96. The smallest absolute Gasteiger partial charge is 0.289 e. The van der Waals surface area contributed by atoms with E-state index in [1.807, 2.05) is 6.07 Å². The highest BCUT2D eigenvalue weighted by Crippen LogP contribution is 2.38. The number of halogens is 2. The largest absolute Gasteiger partial charge is 0.493 e. The summed E-state index contributed by atoms with van der Waals surface area (Å²) in [7, 11) is 1.49. The van der Waals surface area contributed by atoms with Gasteiger partial charge in [-0.2, -0.15) is 0 Å². The maximum absolute atomic E-state index is 12.8. The van der Waals surface area contributed by atoms with Crippen LogP contribution >= 0.6 is 35.0 Å². The second kappa shape index (κ2) is 9.45. The van der Waals surface area contributed by atoms with Crippen molar-refractivity contribution in [2.24, 2.45) is 0 Å². The summed E-state index contributed by atoms with van der Waals surface area (Å²) in [6.07, 6.45) is 5.54. The van der Waals surface area contributed by atoms with Gasteiger partial charge in [-0.1, -0.05) is 59.1 Å². The number of hydrogen-bond acceptors (Lipinski definition) is 5. The van der Waals surface area contributed by atoms with Gasteiger partial charge in [-0.3, -0.25) is 14.5 Å². The van der Waals surface area contributed by atoms with Crippen LogP contribution in [0.1, 0.15) is 11.1 Å². The molecule has 3 rings (SSSR count). The average Bonchev–Trinajstić information content (AvgIpc) is 2.95. The van der Waals surface area contributed by atoms with Gasteiger partial charge in [0.05, 0.1) is 23.9 Å². The van der Waals surface area contributed by atoms with Crippen LogP contribution in [0.4, 0.5) is 4.79 Å². The Morgan fingerprint density at radius 3 is 2.66 bits per heavy atom. The van der Waals surface area contributed by atoms with Gasteiger partial charge in [-0.05, 0) is 35.7 Å². The zero-order valence-corrected chi connectivity index (χ0v) is 17.8. The first-order chi connectivity index (χ1) is 13.9. The number of terminal acetylenes is 1. The van der Waals surface area contributed by atoms with Gasteiger partial charge in [-0.25, -0.2) is 0 Å². The van der Waals surface area contributed by atoms with Crippen molar-refractivity contribution in [3.8, 4) is 23.8 Å². The van der Waals surface area contributed by atoms with E-state index < -0.39 is 5.25 Å². The van der Waals surface area contributed by atoms with Crippen molar-refractivity contribution >= 4 is 46.1 Å².